The Hall–Kier alpha value is -4.29. The summed E-state index contributed by atoms with van der Waals surface area (Å²) in [6.07, 6.45) is 1.13. The first kappa shape index (κ1) is 26.3. The van der Waals surface area contributed by atoms with E-state index in [0.29, 0.717) is 11.3 Å². The number of amides is 1. The first-order valence-electron chi connectivity index (χ1n) is 10.6. The van der Waals surface area contributed by atoms with E-state index in [1.165, 1.54) is 50.6 Å². The lowest BCUT2D eigenvalue weighted by Crippen LogP contribution is -2.39. The number of carbonyl (C=O) groups is 1. The zero-order valence-electron chi connectivity index (χ0n) is 19.5. The summed E-state index contributed by atoms with van der Waals surface area (Å²) in [5.41, 5.74) is 2.90. The Morgan fingerprint density at radius 2 is 1.69 bits per heavy atom. The number of sulfonamides is 1. The zero-order valence-corrected chi connectivity index (χ0v) is 20.3. The van der Waals surface area contributed by atoms with Gasteiger partial charge in [0, 0.05) is 18.7 Å². The number of nitro benzene ring substituents is 1. The fourth-order valence-electron chi connectivity index (χ4n) is 3.27. The molecule has 0 saturated heterocycles. The van der Waals surface area contributed by atoms with Gasteiger partial charge < -0.3 is 9.47 Å². The molecule has 3 aromatic rings. The highest BCUT2D eigenvalue weighted by atomic mass is 32.2. The smallest absolute Gasteiger partial charge is 0.278 e. The Labute approximate surface area is 208 Å². The number of hydrazone groups is 1. The van der Waals surface area contributed by atoms with Gasteiger partial charge in [0.25, 0.3) is 11.6 Å². The van der Waals surface area contributed by atoms with Gasteiger partial charge in [-0.25, -0.2) is 13.8 Å². The summed E-state index contributed by atoms with van der Waals surface area (Å²) in [6, 6.07) is 18.8. The van der Waals surface area contributed by atoms with E-state index < -0.39 is 27.4 Å². The van der Waals surface area contributed by atoms with Gasteiger partial charge in [-0.1, -0.05) is 42.5 Å². The Bertz CT molecular complexity index is 1360. The number of rotatable bonds is 11. The number of nitrogens with zero attached hydrogens (tertiary/aromatic N) is 3. The molecule has 0 unspecified atom stereocenters. The molecule has 0 bridgehead atoms. The second-order valence-electron chi connectivity index (χ2n) is 7.38. The van der Waals surface area contributed by atoms with Crippen LogP contribution >= 0.6 is 0 Å². The fraction of sp³-hybridized carbons (Fsp3) is 0.167. The molecule has 0 saturated carbocycles. The van der Waals surface area contributed by atoms with Crippen molar-refractivity contribution in [2.75, 3.05) is 20.8 Å². The molecule has 0 spiro atoms. The molecule has 1 amide bonds. The van der Waals surface area contributed by atoms with Crippen molar-refractivity contribution in [1.82, 2.24) is 9.73 Å². The molecule has 11 nitrogen and oxygen atoms in total. The Kier molecular flexibility index (Phi) is 8.71. The monoisotopic (exact) mass is 512 g/mol. The zero-order chi connectivity index (χ0) is 26.1. The molecule has 36 heavy (non-hydrogen) atoms. The van der Waals surface area contributed by atoms with E-state index in [9.17, 15) is 23.3 Å². The summed E-state index contributed by atoms with van der Waals surface area (Å²) < 4.78 is 38.4. The van der Waals surface area contributed by atoms with Crippen molar-refractivity contribution in [2.24, 2.45) is 5.10 Å². The second-order valence-corrected chi connectivity index (χ2v) is 9.32. The first-order chi connectivity index (χ1) is 17.3. The molecule has 0 aliphatic carbocycles. The Morgan fingerprint density at radius 1 is 1.03 bits per heavy atom. The van der Waals surface area contributed by atoms with Crippen LogP contribution in [0.4, 0.5) is 5.69 Å². The summed E-state index contributed by atoms with van der Waals surface area (Å²) in [7, 11) is -1.33. The van der Waals surface area contributed by atoms with Crippen molar-refractivity contribution < 1.29 is 27.6 Å². The molecule has 12 heteroatoms. The van der Waals surface area contributed by atoms with Gasteiger partial charge in [-0.05, 0) is 23.8 Å². The number of methoxy groups -OCH3 is 2. The highest BCUT2D eigenvalue weighted by molar-refractivity contribution is 7.89. The molecule has 0 aliphatic rings. The third-order valence-electron chi connectivity index (χ3n) is 5.04. The van der Waals surface area contributed by atoms with Crippen LogP contribution in [0.15, 0.2) is 82.8 Å². The number of carbonyl (C=O) groups excluding carboxylic acids is 1. The van der Waals surface area contributed by atoms with Crippen molar-refractivity contribution in [3.8, 4) is 11.5 Å². The Balaban J connectivity index is 1.85. The molecule has 3 rings (SSSR count). The normalized spacial score (nSPS) is 11.4. The van der Waals surface area contributed by atoms with E-state index in [-0.39, 0.29) is 28.4 Å². The van der Waals surface area contributed by atoms with E-state index in [1.54, 1.807) is 36.4 Å². The number of ether oxygens (including phenoxy) is 2. The Morgan fingerprint density at radius 3 is 2.36 bits per heavy atom. The van der Waals surface area contributed by atoms with Crippen LogP contribution in [0.2, 0.25) is 0 Å². The second kappa shape index (κ2) is 11.9. The van der Waals surface area contributed by atoms with E-state index in [1.807, 2.05) is 0 Å². The molecule has 0 fully saturated rings. The number of nitro groups is 1. The van der Waals surface area contributed by atoms with E-state index in [4.69, 9.17) is 9.47 Å². The number of benzene rings is 3. The van der Waals surface area contributed by atoms with Gasteiger partial charge >= 0.3 is 0 Å². The average Bonchev–Trinajstić information content (AvgIpc) is 2.88. The number of hydrogen-bond donors (Lipinski definition) is 1. The maximum absolute atomic E-state index is 13.5. The van der Waals surface area contributed by atoms with Crippen LogP contribution in [0.3, 0.4) is 0 Å². The third kappa shape index (κ3) is 6.43. The minimum Gasteiger partial charge on any atom is -0.493 e. The van der Waals surface area contributed by atoms with Crippen molar-refractivity contribution in [1.29, 1.82) is 0 Å². The number of para-hydroxylation sites is 1. The predicted octanol–water partition coefficient (Wildman–Crippen LogP) is 2.95. The third-order valence-corrected chi connectivity index (χ3v) is 6.83. The van der Waals surface area contributed by atoms with Crippen LogP contribution in [0, 0.1) is 10.1 Å². The summed E-state index contributed by atoms with van der Waals surface area (Å²) >= 11 is 0. The summed E-state index contributed by atoms with van der Waals surface area (Å²) in [4.78, 5) is 23.1. The summed E-state index contributed by atoms with van der Waals surface area (Å²) in [5.74, 6) is -0.158. The molecule has 0 aliphatic heterocycles. The van der Waals surface area contributed by atoms with Gasteiger partial charge in [-0.3, -0.25) is 14.9 Å². The van der Waals surface area contributed by atoms with Crippen molar-refractivity contribution in [2.45, 2.75) is 11.4 Å². The minimum absolute atomic E-state index is 0.0845. The van der Waals surface area contributed by atoms with Gasteiger partial charge in [0.2, 0.25) is 10.0 Å². The standard InChI is InChI=1S/C24H24N4O7S/c1-34-22-13-12-20(14-23(22)35-2)36(32,33)27(16-18-8-4-3-5-9-18)17-24(29)26-25-15-19-10-6-7-11-21(19)28(30)31/h3-15H,16-17H2,1-2H3,(H,26,29)/b25-15+. The number of nitrogens with one attached hydrogen (secondary N) is 1. The molecule has 0 radical (unpaired) electrons. The van der Waals surface area contributed by atoms with Gasteiger partial charge in [0.05, 0.1) is 42.4 Å². The van der Waals surface area contributed by atoms with Crippen molar-refractivity contribution >= 4 is 27.8 Å². The first-order valence-corrected chi connectivity index (χ1v) is 12.0. The highest BCUT2D eigenvalue weighted by Gasteiger charge is 2.28. The highest BCUT2D eigenvalue weighted by Crippen LogP contribution is 2.31. The maximum Gasteiger partial charge on any atom is 0.278 e. The average molecular weight is 513 g/mol. The predicted molar refractivity (Wildman–Crippen MR) is 132 cm³/mol. The van der Waals surface area contributed by atoms with Crippen LogP contribution in [-0.2, 0) is 21.4 Å². The molecular weight excluding hydrogens is 488 g/mol. The lowest BCUT2D eigenvalue weighted by Gasteiger charge is -2.22. The van der Waals surface area contributed by atoms with Gasteiger partial charge in [0.15, 0.2) is 11.5 Å². The van der Waals surface area contributed by atoms with Crippen LogP contribution < -0.4 is 14.9 Å². The molecule has 0 heterocycles. The van der Waals surface area contributed by atoms with E-state index in [2.05, 4.69) is 10.5 Å². The quantitative estimate of drug-likeness (QED) is 0.237. The molecule has 3 aromatic carbocycles. The summed E-state index contributed by atoms with van der Waals surface area (Å²) in [5, 5.41) is 14.9. The lowest BCUT2D eigenvalue weighted by molar-refractivity contribution is -0.385. The number of hydrogen-bond acceptors (Lipinski definition) is 8. The van der Waals surface area contributed by atoms with Crippen LogP contribution in [0.1, 0.15) is 11.1 Å². The van der Waals surface area contributed by atoms with E-state index in [0.717, 1.165) is 10.5 Å². The molecule has 1 N–H and O–H groups in total. The van der Waals surface area contributed by atoms with Crippen LogP contribution in [0.25, 0.3) is 0 Å². The largest absolute Gasteiger partial charge is 0.493 e. The SMILES string of the molecule is COc1ccc(S(=O)(=O)N(CC(=O)N/N=C/c2ccccc2[N+](=O)[O-])Cc2ccccc2)cc1OC. The van der Waals surface area contributed by atoms with Gasteiger partial charge in [-0.15, -0.1) is 0 Å². The van der Waals surface area contributed by atoms with Gasteiger partial charge in [-0.2, -0.15) is 9.41 Å². The van der Waals surface area contributed by atoms with Crippen molar-refractivity contribution in [3.05, 3.63) is 94.0 Å². The topological polar surface area (TPSA) is 140 Å². The fourth-order valence-corrected chi connectivity index (χ4v) is 4.67. The summed E-state index contributed by atoms with van der Waals surface area (Å²) in [6.45, 7) is -0.640. The molecular formula is C24H24N4O7S. The molecule has 0 atom stereocenters. The molecule has 0 aromatic heterocycles. The minimum atomic E-state index is -4.15. The maximum atomic E-state index is 13.5. The van der Waals surface area contributed by atoms with Crippen LogP contribution in [-0.4, -0.2) is 50.5 Å². The van der Waals surface area contributed by atoms with Gasteiger partial charge in [0.1, 0.15) is 0 Å². The van der Waals surface area contributed by atoms with Crippen molar-refractivity contribution in [3.63, 3.8) is 0 Å². The lowest BCUT2D eigenvalue weighted by atomic mass is 10.2. The van der Waals surface area contributed by atoms with Crippen LogP contribution in [0.5, 0.6) is 11.5 Å². The van der Waals surface area contributed by atoms with E-state index >= 15 is 0 Å². The molecule has 188 valence electrons.